The molecule has 0 aliphatic carbocycles. The average Bonchev–Trinajstić information content (AvgIpc) is 2.67. The van der Waals surface area contributed by atoms with Crippen LogP contribution in [-0.4, -0.2) is 36.2 Å². The lowest BCUT2D eigenvalue weighted by atomic mass is 9.78. The Hall–Kier alpha value is -1.42. The molecule has 0 aromatic heterocycles. The number of hydrogen-bond acceptors (Lipinski definition) is 3. The molecule has 0 bridgehead atoms. The van der Waals surface area contributed by atoms with Crippen LogP contribution in [0.5, 0.6) is 11.5 Å². The van der Waals surface area contributed by atoms with Crippen LogP contribution in [0.25, 0.3) is 0 Å². The number of alkyl halides is 2. The Morgan fingerprint density at radius 3 is 1.85 bits per heavy atom. The minimum absolute atomic E-state index is 0.150. The molecule has 1 atom stereocenters. The van der Waals surface area contributed by atoms with Gasteiger partial charge in [0.15, 0.2) is 0 Å². The van der Waals surface area contributed by atoms with Crippen molar-refractivity contribution in [2.45, 2.75) is 31.8 Å². The van der Waals surface area contributed by atoms with Crippen LogP contribution in [0.15, 0.2) is 48.5 Å². The number of hydrogen-bond donors (Lipinski definition) is 1. The summed E-state index contributed by atoms with van der Waals surface area (Å²) in [5.74, 6) is 2.35. The second-order valence-electron chi connectivity index (χ2n) is 6.68. The molecule has 0 spiro atoms. The Morgan fingerprint density at radius 1 is 0.885 bits per heavy atom. The summed E-state index contributed by atoms with van der Waals surface area (Å²) >= 11 is 11.2. The van der Waals surface area contributed by atoms with E-state index in [1.54, 1.807) is 0 Å². The molecule has 2 rings (SSSR count). The Morgan fingerprint density at radius 2 is 1.38 bits per heavy atom. The van der Waals surface area contributed by atoms with Gasteiger partial charge in [-0.1, -0.05) is 38.1 Å². The lowest BCUT2D eigenvalue weighted by molar-refractivity contribution is 0.125. The lowest BCUT2D eigenvalue weighted by Crippen LogP contribution is -2.20. The van der Waals surface area contributed by atoms with Crippen molar-refractivity contribution in [2.24, 2.45) is 0 Å². The van der Waals surface area contributed by atoms with Crippen LogP contribution in [0.2, 0.25) is 0 Å². The summed E-state index contributed by atoms with van der Waals surface area (Å²) in [4.78, 5) is 0. The highest BCUT2D eigenvalue weighted by Gasteiger charge is 2.23. The van der Waals surface area contributed by atoms with Crippen LogP contribution in [0.4, 0.5) is 0 Å². The van der Waals surface area contributed by atoms with E-state index < -0.39 is 6.10 Å². The first-order chi connectivity index (χ1) is 12.5. The number of halogens is 2. The number of aliphatic hydroxyl groups is 1. The average molecular weight is 397 g/mol. The summed E-state index contributed by atoms with van der Waals surface area (Å²) in [6.45, 7) is 5.19. The van der Waals surface area contributed by atoms with Gasteiger partial charge in [0, 0.05) is 11.3 Å². The van der Waals surface area contributed by atoms with Gasteiger partial charge in [-0.15, -0.1) is 23.2 Å². The number of rotatable bonds is 10. The molecule has 0 aliphatic rings. The minimum Gasteiger partial charge on any atom is -0.494 e. The largest absolute Gasteiger partial charge is 0.494 e. The SMILES string of the molecule is CC(C)(c1ccc(OCCCCl)cc1)c1ccc(OC[C@@H](O)CCl)cc1. The van der Waals surface area contributed by atoms with E-state index >= 15 is 0 Å². The lowest BCUT2D eigenvalue weighted by Gasteiger charge is -2.26. The van der Waals surface area contributed by atoms with Gasteiger partial charge in [-0.05, 0) is 41.8 Å². The van der Waals surface area contributed by atoms with Crippen molar-refractivity contribution >= 4 is 23.2 Å². The van der Waals surface area contributed by atoms with E-state index in [2.05, 4.69) is 26.0 Å². The van der Waals surface area contributed by atoms with Crippen molar-refractivity contribution in [3.05, 3.63) is 59.7 Å². The third-order valence-corrected chi connectivity index (χ3v) is 4.94. The molecular formula is C21H26Cl2O3. The highest BCUT2D eigenvalue weighted by atomic mass is 35.5. The zero-order chi connectivity index (χ0) is 19.0. The van der Waals surface area contributed by atoms with Crippen molar-refractivity contribution in [2.75, 3.05) is 25.0 Å². The van der Waals surface area contributed by atoms with Gasteiger partial charge < -0.3 is 14.6 Å². The maximum Gasteiger partial charge on any atom is 0.119 e. The Labute approximate surface area is 165 Å². The van der Waals surface area contributed by atoms with E-state index in [9.17, 15) is 5.11 Å². The van der Waals surface area contributed by atoms with Gasteiger partial charge in [0.2, 0.25) is 0 Å². The monoisotopic (exact) mass is 396 g/mol. The maximum atomic E-state index is 9.47. The smallest absolute Gasteiger partial charge is 0.119 e. The van der Waals surface area contributed by atoms with Crippen molar-refractivity contribution in [3.8, 4) is 11.5 Å². The number of ether oxygens (including phenoxy) is 2. The molecule has 0 radical (unpaired) electrons. The predicted molar refractivity (Wildman–Crippen MR) is 108 cm³/mol. The first-order valence-corrected chi connectivity index (χ1v) is 9.81. The normalized spacial score (nSPS) is 12.7. The molecule has 1 N–H and O–H groups in total. The zero-order valence-electron chi connectivity index (χ0n) is 15.3. The van der Waals surface area contributed by atoms with E-state index in [-0.39, 0.29) is 17.9 Å². The van der Waals surface area contributed by atoms with Crippen molar-refractivity contribution in [1.29, 1.82) is 0 Å². The van der Waals surface area contributed by atoms with Crippen molar-refractivity contribution in [3.63, 3.8) is 0 Å². The van der Waals surface area contributed by atoms with Gasteiger partial charge >= 0.3 is 0 Å². The summed E-state index contributed by atoms with van der Waals surface area (Å²) < 4.78 is 11.2. The molecule has 2 aromatic carbocycles. The Balaban J connectivity index is 2.04. The van der Waals surface area contributed by atoms with Gasteiger partial charge in [-0.3, -0.25) is 0 Å². The highest BCUT2D eigenvalue weighted by Crippen LogP contribution is 2.33. The van der Waals surface area contributed by atoms with Crippen LogP contribution >= 0.6 is 23.2 Å². The molecule has 0 amide bonds. The summed E-state index contributed by atoms with van der Waals surface area (Å²) in [5.41, 5.74) is 2.23. The quantitative estimate of drug-likeness (QED) is 0.453. The fourth-order valence-corrected chi connectivity index (χ4v) is 2.78. The van der Waals surface area contributed by atoms with Gasteiger partial charge in [-0.2, -0.15) is 0 Å². The predicted octanol–water partition coefficient (Wildman–Crippen LogP) is 5.00. The van der Waals surface area contributed by atoms with Crippen LogP contribution in [0.1, 0.15) is 31.4 Å². The molecule has 0 unspecified atom stereocenters. The maximum absolute atomic E-state index is 9.47. The van der Waals surface area contributed by atoms with Crippen LogP contribution in [0, 0.1) is 0 Å². The molecule has 3 nitrogen and oxygen atoms in total. The fourth-order valence-electron chi connectivity index (χ4n) is 2.58. The molecule has 5 heteroatoms. The summed E-state index contributed by atoms with van der Waals surface area (Å²) in [7, 11) is 0. The minimum atomic E-state index is -0.655. The molecular weight excluding hydrogens is 371 g/mol. The van der Waals surface area contributed by atoms with Crippen molar-refractivity contribution < 1.29 is 14.6 Å². The molecule has 26 heavy (non-hydrogen) atoms. The second-order valence-corrected chi connectivity index (χ2v) is 7.37. The van der Waals surface area contributed by atoms with E-state index in [1.807, 2.05) is 36.4 Å². The van der Waals surface area contributed by atoms with Crippen LogP contribution in [0.3, 0.4) is 0 Å². The molecule has 0 saturated carbocycles. The summed E-state index contributed by atoms with van der Waals surface area (Å²) in [6, 6.07) is 16.1. The molecule has 2 aromatic rings. The summed E-state index contributed by atoms with van der Waals surface area (Å²) in [5, 5.41) is 9.47. The van der Waals surface area contributed by atoms with E-state index in [4.69, 9.17) is 32.7 Å². The first kappa shape index (κ1) is 20.9. The first-order valence-electron chi connectivity index (χ1n) is 8.74. The Kier molecular flexibility index (Phi) is 8.08. The van der Waals surface area contributed by atoms with Gasteiger partial charge in [0.1, 0.15) is 24.2 Å². The number of benzene rings is 2. The van der Waals surface area contributed by atoms with Crippen LogP contribution < -0.4 is 9.47 Å². The molecule has 142 valence electrons. The van der Waals surface area contributed by atoms with Gasteiger partial charge in [0.05, 0.1) is 12.5 Å². The van der Waals surface area contributed by atoms with E-state index in [1.165, 1.54) is 11.1 Å². The summed E-state index contributed by atoms with van der Waals surface area (Å²) in [6.07, 6.45) is 0.184. The van der Waals surface area contributed by atoms with E-state index in [0.29, 0.717) is 12.5 Å². The highest BCUT2D eigenvalue weighted by molar-refractivity contribution is 6.18. The third kappa shape index (κ3) is 5.80. The molecule has 0 fully saturated rings. The topological polar surface area (TPSA) is 38.7 Å². The fraction of sp³-hybridized carbons (Fsp3) is 0.429. The standard InChI is InChI=1S/C21H26Cl2O3/c1-21(2,16-4-8-19(9-5-16)25-13-3-12-22)17-6-10-20(11-7-17)26-15-18(24)14-23/h4-11,18,24H,3,12-15H2,1-2H3/t18-/m0/s1. The van der Waals surface area contributed by atoms with E-state index in [0.717, 1.165) is 17.9 Å². The number of aliphatic hydroxyl groups excluding tert-OH is 1. The van der Waals surface area contributed by atoms with Gasteiger partial charge in [-0.25, -0.2) is 0 Å². The van der Waals surface area contributed by atoms with Gasteiger partial charge in [0.25, 0.3) is 0 Å². The Bertz CT molecular complexity index is 654. The van der Waals surface area contributed by atoms with Crippen molar-refractivity contribution in [1.82, 2.24) is 0 Å². The second kappa shape index (κ2) is 10.1. The molecule has 0 saturated heterocycles. The molecule has 0 aliphatic heterocycles. The molecule has 0 heterocycles. The zero-order valence-corrected chi connectivity index (χ0v) is 16.8. The third-order valence-electron chi connectivity index (χ3n) is 4.32. The van der Waals surface area contributed by atoms with Crippen LogP contribution in [-0.2, 0) is 5.41 Å².